The van der Waals surface area contributed by atoms with Gasteiger partial charge in [-0.3, -0.25) is 14.9 Å². The molecule has 130 valence electrons. The number of nitro benzene ring substituents is 1. The second-order valence-electron chi connectivity index (χ2n) is 6.30. The van der Waals surface area contributed by atoms with E-state index in [4.69, 9.17) is 11.6 Å². The van der Waals surface area contributed by atoms with Crippen LogP contribution < -0.4 is 5.32 Å². The van der Waals surface area contributed by atoms with Crippen LogP contribution in [-0.4, -0.2) is 10.7 Å². The van der Waals surface area contributed by atoms with Crippen LogP contribution in [-0.2, 0) is 4.79 Å². The Morgan fingerprint density at radius 2 is 1.92 bits per heavy atom. The van der Waals surface area contributed by atoms with Crippen LogP contribution in [0.1, 0.15) is 37.3 Å². The smallest absolute Gasteiger partial charge is 0.269 e. The predicted molar refractivity (Wildman–Crippen MR) is 97.9 cm³/mol. The molecule has 25 heavy (non-hydrogen) atoms. The molecule has 0 radical (unpaired) electrons. The van der Waals surface area contributed by atoms with Crippen molar-refractivity contribution in [3.05, 3.63) is 69.2 Å². The van der Waals surface area contributed by atoms with Gasteiger partial charge < -0.3 is 5.32 Å². The van der Waals surface area contributed by atoms with Crippen LogP contribution in [0, 0.1) is 16.0 Å². The van der Waals surface area contributed by atoms with E-state index in [1.807, 2.05) is 18.2 Å². The number of ketones is 1. The lowest BCUT2D eigenvalue weighted by Crippen LogP contribution is -2.30. The van der Waals surface area contributed by atoms with Gasteiger partial charge in [0.15, 0.2) is 0 Å². The third kappa shape index (κ3) is 4.17. The van der Waals surface area contributed by atoms with Crippen molar-refractivity contribution in [3.8, 4) is 0 Å². The van der Waals surface area contributed by atoms with Gasteiger partial charge >= 0.3 is 0 Å². The molecule has 0 aromatic heterocycles. The zero-order chi connectivity index (χ0) is 17.8. The number of benzene rings is 2. The number of halogens is 1. The first-order valence-electron chi connectivity index (χ1n) is 8.34. The van der Waals surface area contributed by atoms with Gasteiger partial charge in [-0.15, -0.1) is 0 Å². The van der Waals surface area contributed by atoms with Gasteiger partial charge in [-0.2, -0.15) is 0 Å². The normalized spacial score (nSPS) is 18.6. The second-order valence-corrected chi connectivity index (χ2v) is 6.74. The Morgan fingerprint density at radius 1 is 1.16 bits per heavy atom. The Hall–Kier alpha value is -2.40. The van der Waals surface area contributed by atoms with Gasteiger partial charge in [0, 0.05) is 35.2 Å². The fourth-order valence-electron chi connectivity index (χ4n) is 3.34. The number of nitro groups is 1. The SMILES string of the molecule is O=C1CCCCC1C(Nc1cccc(Cl)c1)c1ccc([N+](=O)[O-])cc1. The third-order valence-corrected chi connectivity index (χ3v) is 4.85. The number of nitrogens with zero attached hydrogens (tertiary/aromatic N) is 1. The van der Waals surface area contributed by atoms with E-state index in [-0.39, 0.29) is 23.4 Å². The van der Waals surface area contributed by atoms with Crippen molar-refractivity contribution in [2.75, 3.05) is 5.32 Å². The van der Waals surface area contributed by atoms with Crippen molar-refractivity contribution in [1.82, 2.24) is 0 Å². The van der Waals surface area contributed by atoms with Crippen molar-refractivity contribution in [2.45, 2.75) is 31.7 Å². The van der Waals surface area contributed by atoms with Crippen LogP contribution >= 0.6 is 11.6 Å². The maximum atomic E-state index is 12.5. The van der Waals surface area contributed by atoms with E-state index in [1.165, 1.54) is 12.1 Å². The minimum Gasteiger partial charge on any atom is -0.377 e. The van der Waals surface area contributed by atoms with Crippen LogP contribution in [0.25, 0.3) is 0 Å². The molecule has 1 fully saturated rings. The monoisotopic (exact) mass is 358 g/mol. The molecule has 0 amide bonds. The quantitative estimate of drug-likeness (QED) is 0.591. The second kappa shape index (κ2) is 7.66. The van der Waals surface area contributed by atoms with E-state index in [1.54, 1.807) is 18.2 Å². The molecule has 1 N–H and O–H groups in total. The average Bonchev–Trinajstić information content (AvgIpc) is 2.61. The number of hydrogen-bond donors (Lipinski definition) is 1. The summed E-state index contributed by atoms with van der Waals surface area (Å²) in [6, 6.07) is 13.5. The number of hydrogen-bond acceptors (Lipinski definition) is 4. The predicted octanol–water partition coefficient (Wildman–Crippen LogP) is 5.16. The minimum absolute atomic E-state index is 0.0419. The lowest BCUT2D eigenvalue weighted by Gasteiger charge is -2.31. The number of nitrogens with one attached hydrogen (secondary N) is 1. The summed E-state index contributed by atoms with van der Waals surface area (Å²) in [4.78, 5) is 22.9. The van der Waals surface area contributed by atoms with Crippen LogP contribution in [0.2, 0.25) is 5.02 Å². The topological polar surface area (TPSA) is 72.2 Å². The number of non-ortho nitro benzene ring substituents is 1. The van der Waals surface area contributed by atoms with Crippen LogP contribution in [0.4, 0.5) is 11.4 Å². The first kappa shape index (κ1) is 17.4. The summed E-state index contributed by atoms with van der Waals surface area (Å²) in [5.41, 5.74) is 1.74. The highest BCUT2D eigenvalue weighted by Crippen LogP contribution is 2.35. The van der Waals surface area contributed by atoms with Crippen molar-refractivity contribution in [1.29, 1.82) is 0 Å². The summed E-state index contributed by atoms with van der Waals surface area (Å²) in [5.74, 6) is 0.0957. The first-order chi connectivity index (χ1) is 12.0. The van der Waals surface area contributed by atoms with E-state index in [0.29, 0.717) is 11.4 Å². The highest BCUT2D eigenvalue weighted by atomic mass is 35.5. The summed E-state index contributed by atoms with van der Waals surface area (Å²) in [6.07, 6.45) is 3.34. The van der Waals surface area contributed by atoms with Gasteiger partial charge in [-0.1, -0.05) is 36.2 Å². The largest absolute Gasteiger partial charge is 0.377 e. The fourth-order valence-corrected chi connectivity index (χ4v) is 3.53. The van der Waals surface area contributed by atoms with Crippen LogP contribution in [0.15, 0.2) is 48.5 Å². The molecule has 2 unspecified atom stereocenters. The molecule has 1 aliphatic carbocycles. The standard InChI is InChI=1S/C19H19ClN2O3/c20-14-4-3-5-15(12-14)21-19(17-6-1-2-7-18(17)23)13-8-10-16(11-9-13)22(24)25/h3-5,8-12,17,19,21H,1-2,6-7H2. The minimum atomic E-state index is -0.422. The van der Waals surface area contributed by atoms with Crippen molar-refractivity contribution < 1.29 is 9.72 Å². The Bertz CT molecular complexity index is 776. The lowest BCUT2D eigenvalue weighted by molar-refractivity contribution is -0.384. The molecule has 1 aliphatic rings. The van der Waals surface area contributed by atoms with Crippen molar-refractivity contribution in [2.24, 2.45) is 5.92 Å². The zero-order valence-corrected chi connectivity index (χ0v) is 14.4. The van der Waals surface area contributed by atoms with E-state index in [9.17, 15) is 14.9 Å². The summed E-state index contributed by atoms with van der Waals surface area (Å²) in [5, 5.41) is 14.9. The van der Waals surface area contributed by atoms with E-state index >= 15 is 0 Å². The van der Waals surface area contributed by atoms with E-state index in [0.717, 1.165) is 30.5 Å². The number of anilines is 1. The summed E-state index contributed by atoms with van der Waals surface area (Å²) in [6.45, 7) is 0. The van der Waals surface area contributed by atoms with Crippen molar-refractivity contribution >= 4 is 28.8 Å². The maximum Gasteiger partial charge on any atom is 0.269 e. The van der Waals surface area contributed by atoms with E-state index < -0.39 is 4.92 Å². The molecule has 1 saturated carbocycles. The molecule has 0 aliphatic heterocycles. The highest BCUT2D eigenvalue weighted by Gasteiger charge is 2.31. The highest BCUT2D eigenvalue weighted by molar-refractivity contribution is 6.30. The summed E-state index contributed by atoms with van der Waals surface area (Å²) >= 11 is 6.06. The third-order valence-electron chi connectivity index (χ3n) is 4.61. The fraction of sp³-hybridized carbons (Fsp3) is 0.316. The lowest BCUT2D eigenvalue weighted by atomic mass is 9.80. The van der Waals surface area contributed by atoms with Gasteiger partial charge in [0.2, 0.25) is 0 Å². The summed E-state index contributed by atoms with van der Waals surface area (Å²) < 4.78 is 0. The Labute approximate surface area is 151 Å². The van der Waals surface area contributed by atoms with Gasteiger partial charge in [-0.05, 0) is 36.6 Å². The molecule has 2 atom stereocenters. The Balaban J connectivity index is 1.93. The first-order valence-corrected chi connectivity index (χ1v) is 8.71. The number of carbonyl (C=O) groups is 1. The van der Waals surface area contributed by atoms with Gasteiger partial charge in [0.05, 0.1) is 11.0 Å². The number of Topliss-reactive ketones (excluding diaryl/α,β-unsaturated/α-hetero) is 1. The van der Waals surface area contributed by atoms with Crippen molar-refractivity contribution in [3.63, 3.8) is 0 Å². The molecular weight excluding hydrogens is 340 g/mol. The van der Waals surface area contributed by atoms with E-state index in [2.05, 4.69) is 5.32 Å². The zero-order valence-electron chi connectivity index (χ0n) is 13.7. The molecular formula is C19H19ClN2O3. The van der Waals surface area contributed by atoms with Gasteiger partial charge in [-0.25, -0.2) is 0 Å². The van der Waals surface area contributed by atoms with Crippen LogP contribution in [0.5, 0.6) is 0 Å². The molecule has 0 spiro atoms. The summed E-state index contributed by atoms with van der Waals surface area (Å²) in [7, 11) is 0. The molecule has 0 bridgehead atoms. The van der Waals surface area contributed by atoms with Gasteiger partial charge in [0.1, 0.15) is 5.78 Å². The van der Waals surface area contributed by atoms with Gasteiger partial charge in [0.25, 0.3) is 5.69 Å². The Kier molecular flexibility index (Phi) is 5.34. The molecule has 5 nitrogen and oxygen atoms in total. The average molecular weight is 359 g/mol. The number of rotatable bonds is 5. The Morgan fingerprint density at radius 3 is 2.56 bits per heavy atom. The van der Waals surface area contributed by atoms with Crippen LogP contribution in [0.3, 0.4) is 0 Å². The molecule has 0 heterocycles. The molecule has 3 rings (SSSR count). The number of carbonyl (C=O) groups excluding carboxylic acids is 1. The molecule has 2 aromatic rings. The molecule has 6 heteroatoms. The maximum absolute atomic E-state index is 12.5. The molecule has 2 aromatic carbocycles. The molecule has 0 saturated heterocycles.